The molecule has 0 radical (unpaired) electrons. The van der Waals surface area contributed by atoms with Crippen molar-refractivity contribution >= 4 is 12.3 Å². The van der Waals surface area contributed by atoms with E-state index < -0.39 is 0 Å². The SMILES string of the molecule is COC(=O)COc1cccc2c1CCC(C=CC=O)C2. The first kappa shape index (κ1) is 14.3. The van der Waals surface area contributed by atoms with E-state index in [0.717, 1.165) is 36.9 Å². The van der Waals surface area contributed by atoms with Crippen LogP contribution < -0.4 is 4.74 Å². The molecule has 1 aliphatic rings. The number of rotatable bonds is 5. The van der Waals surface area contributed by atoms with Crippen molar-refractivity contribution in [3.8, 4) is 5.75 Å². The summed E-state index contributed by atoms with van der Waals surface area (Å²) in [5.74, 6) is 0.763. The number of hydrogen-bond donors (Lipinski definition) is 0. The molecule has 0 N–H and O–H groups in total. The van der Waals surface area contributed by atoms with Crippen LogP contribution in [0.1, 0.15) is 17.5 Å². The van der Waals surface area contributed by atoms with E-state index in [1.807, 2.05) is 18.2 Å². The van der Waals surface area contributed by atoms with Crippen molar-refractivity contribution in [3.63, 3.8) is 0 Å². The average Bonchev–Trinajstić information content (AvgIpc) is 2.50. The van der Waals surface area contributed by atoms with Gasteiger partial charge in [-0.05, 0) is 48.4 Å². The molecule has 0 bridgehead atoms. The third-order valence-electron chi connectivity index (χ3n) is 3.51. The molecule has 0 amide bonds. The van der Waals surface area contributed by atoms with Gasteiger partial charge in [0.1, 0.15) is 12.0 Å². The normalized spacial score (nSPS) is 17.6. The lowest BCUT2D eigenvalue weighted by atomic mass is 9.83. The summed E-state index contributed by atoms with van der Waals surface area (Å²) in [6.07, 6.45) is 7.10. The van der Waals surface area contributed by atoms with Crippen molar-refractivity contribution in [2.45, 2.75) is 19.3 Å². The van der Waals surface area contributed by atoms with Crippen LogP contribution in [0, 0.1) is 5.92 Å². The van der Waals surface area contributed by atoms with E-state index in [4.69, 9.17) is 4.74 Å². The van der Waals surface area contributed by atoms with Gasteiger partial charge in [-0.1, -0.05) is 18.2 Å². The summed E-state index contributed by atoms with van der Waals surface area (Å²) < 4.78 is 10.1. The van der Waals surface area contributed by atoms with Crippen LogP contribution in [-0.4, -0.2) is 26.0 Å². The van der Waals surface area contributed by atoms with Gasteiger partial charge >= 0.3 is 5.97 Å². The van der Waals surface area contributed by atoms with Crippen LogP contribution in [0.2, 0.25) is 0 Å². The van der Waals surface area contributed by atoms with Crippen LogP contribution in [0.4, 0.5) is 0 Å². The molecule has 0 fully saturated rings. The molecule has 20 heavy (non-hydrogen) atoms. The van der Waals surface area contributed by atoms with E-state index in [1.165, 1.54) is 12.7 Å². The van der Waals surface area contributed by atoms with Gasteiger partial charge in [-0.25, -0.2) is 4.79 Å². The molecule has 2 rings (SSSR count). The van der Waals surface area contributed by atoms with E-state index >= 15 is 0 Å². The Morgan fingerprint density at radius 1 is 1.45 bits per heavy atom. The van der Waals surface area contributed by atoms with Crippen LogP contribution in [0.5, 0.6) is 5.75 Å². The summed E-state index contributed by atoms with van der Waals surface area (Å²) in [4.78, 5) is 21.5. The lowest BCUT2D eigenvalue weighted by Crippen LogP contribution is -2.17. The number of carbonyl (C=O) groups is 2. The van der Waals surface area contributed by atoms with Gasteiger partial charge in [0, 0.05) is 0 Å². The number of methoxy groups -OCH3 is 1. The topological polar surface area (TPSA) is 52.6 Å². The molecule has 4 nitrogen and oxygen atoms in total. The van der Waals surface area contributed by atoms with E-state index in [0.29, 0.717) is 5.92 Å². The van der Waals surface area contributed by atoms with Crippen LogP contribution in [0.15, 0.2) is 30.4 Å². The summed E-state index contributed by atoms with van der Waals surface area (Å²) in [5.41, 5.74) is 2.38. The first-order valence-electron chi connectivity index (χ1n) is 6.67. The molecule has 4 heteroatoms. The Kier molecular flexibility index (Phi) is 4.93. The van der Waals surface area contributed by atoms with Crippen molar-refractivity contribution in [2.75, 3.05) is 13.7 Å². The van der Waals surface area contributed by atoms with Crippen molar-refractivity contribution < 1.29 is 19.1 Å². The smallest absolute Gasteiger partial charge is 0.343 e. The first-order chi connectivity index (χ1) is 9.74. The zero-order valence-corrected chi connectivity index (χ0v) is 11.5. The van der Waals surface area contributed by atoms with Gasteiger partial charge in [0.2, 0.25) is 0 Å². The third-order valence-corrected chi connectivity index (χ3v) is 3.51. The number of fused-ring (bicyclic) bond motifs is 1. The quantitative estimate of drug-likeness (QED) is 0.469. The van der Waals surface area contributed by atoms with Crippen LogP contribution in [0.3, 0.4) is 0 Å². The fourth-order valence-corrected chi connectivity index (χ4v) is 2.50. The van der Waals surface area contributed by atoms with Crippen LogP contribution in [0.25, 0.3) is 0 Å². The third kappa shape index (κ3) is 3.47. The standard InChI is InChI=1S/C16H18O4/c1-19-16(18)11-20-15-6-2-5-13-10-12(4-3-9-17)7-8-14(13)15/h2-6,9,12H,7-8,10-11H2,1H3. The molecular weight excluding hydrogens is 256 g/mol. The maximum absolute atomic E-state index is 11.1. The Morgan fingerprint density at radius 3 is 3.05 bits per heavy atom. The molecule has 0 aromatic heterocycles. The molecule has 0 heterocycles. The number of benzene rings is 1. The Bertz CT molecular complexity index is 519. The minimum absolute atomic E-state index is 0.0680. The maximum atomic E-state index is 11.1. The molecule has 1 aliphatic carbocycles. The largest absolute Gasteiger partial charge is 0.482 e. The van der Waals surface area contributed by atoms with Gasteiger partial charge in [0.05, 0.1) is 7.11 Å². The number of carbonyl (C=O) groups excluding carboxylic acids is 2. The second kappa shape index (κ2) is 6.89. The second-order valence-electron chi connectivity index (χ2n) is 4.78. The fraction of sp³-hybridized carbons (Fsp3) is 0.375. The van der Waals surface area contributed by atoms with Crippen molar-refractivity contribution in [3.05, 3.63) is 41.5 Å². The van der Waals surface area contributed by atoms with Crippen LogP contribution >= 0.6 is 0 Å². The Morgan fingerprint density at radius 2 is 2.30 bits per heavy atom. The molecule has 0 aliphatic heterocycles. The highest BCUT2D eigenvalue weighted by Gasteiger charge is 2.20. The molecular formula is C16H18O4. The fourth-order valence-electron chi connectivity index (χ4n) is 2.50. The highest BCUT2D eigenvalue weighted by Crippen LogP contribution is 2.32. The summed E-state index contributed by atoms with van der Waals surface area (Å²) in [5, 5.41) is 0. The zero-order chi connectivity index (χ0) is 14.4. The molecule has 1 atom stereocenters. The molecule has 0 saturated heterocycles. The zero-order valence-electron chi connectivity index (χ0n) is 11.5. The van der Waals surface area contributed by atoms with E-state index in [-0.39, 0.29) is 12.6 Å². The van der Waals surface area contributed by atoms with Gasteiger partial charge in [-0.15, -0.1) is 0 Å². The van der Waals surface area contributed by atoms with Gasteiger partial charge in [0.15, 0.2) is 6.61 Å². The van der Waals surface area contributed by atoms with E-state index in [1.54, 1.807) is 6.08 Å². The molecule has 0 spiro atoms. The summed E-state index contributed by atoms with van der Waals surface area (Å²) >= 11 is 0. The van der Waals surface area contributed by atoms with Gasteiger partial charge < -0.3 is 9.47 Å². The number of ether oxygens (including phenoxy) is 2. The molecule has 0 saturated carbocycles. The van der Waals surface area contributed by atoms with E-state index in [2.05, 4.69) is 10.8 Å². The summed E-state index contributed by atoms with van der Waals surface area (Å²) in [7, 11) is 1.34. The molecule has 1 aromatic rings. The first-order valence-corrected chi connectivity index (χ1v) is 6.67. The van der Waals surface area contributed by atoms with Gasteiger partial charge in [-0.2, -0.15) is 0 Å². The molecule has 106 valence electrons. The Hall–Kier alpha value is -2.10. The lowest BCUT2D eigenvalue weighted by molar-refractivity contribution is -0.142. The number of hydrogen-bond acceptors (Lipinski definition) is 4. The highest BCUT2D eigenvalue weighted by molar-refractivity contribution is 5.71. The lowest BCUT2D eigenvalue weighted by Gasteiger charge is -2.24. The molecule has 1 aromatic carbocycles. The minimum atomic E-state index is -0.384. The number of aldehydes is 1. The van der Waals surface area contributed by atoms with Crippen molar-refractivity contribution in [2.24, 2.45) is 5.92 Å². The van der Waals surface area contributed by atoms with Crippen LogP contribution in [-0.2, 0) is 27.2 Å². The minimum Gasteiger partial charge on any atom is -0.482 e. The van der Waals surface area contributed by atoms with Crippen molar-refractivity contribution in [1.82, 2.24) is 0 Å². The predicted octanol–water partition coefficient (Wildman–Crippen LogP) is 2.10. The van der Waals surface area contributed by atoms with Gasteiger partial charge in [-0.3, -0.25) is 4.79 Å². The monoisotopic (exact) mass is 274 g/mol. The van der Waals surface area contributed by atoms with E-state index in [9.17, 15) is 9.59 Å². The summed E-state index contributed by atoms with van der Waals surface area (Å²) in [6, 6.07) is 5.88. The Labute approximate surface area is 118 Å². The number of allylic oxidation sites excluding steroid dienone is 2. The Balaban J connectivity index is 2.09. The highest BCUT2D eigenvalue weighted by atomic mass is 16.6. The summed E-state index contributed by atoms with van der Waals surface area (Å²) in [6.45, 7) is -0.0680. The average molecular weight is 274 g/mol. The predicted molar refractivity (Wildman–Crippen MR) is 74.7 cm³/mol. The van der Waals surface area contributed by atoms with Crippen molar-refractivity contribution in [1.29, 1.82) is 0 Å². The maximum Gasteiger partial charge on any atom is 0.343 e. The second-order valence-corrected chi connectivity index (χ2v) is 4.78. The number of esters is 1. The molecule has 1 unspecified atom stereocenters. The van der Waals surface area contributed by atoms with Gasteiger partial charge in [0.25, 0.3) is 0 Å².